The van der Waals surface area contributed by atoms with E-state index in [2.05, 4.69) is 4.98 Å². The molecule has 1 aromatic carbocycles. The van der Waals surface area contributed by atoms with Crippen LogP contribution in [0.1, 0.15) is 0 Å². The summed E-state index contributed by atoms with van der Waals surface area (Å²) in [5.41, 5.74) is 1.38. The summed E-state index contributed by atoms with van der Waals surface area (Å²) in [6.07, 6.45) is 0. The average Bonchev–Trinajstić information content (AvgIpc) is 2.57. The molecule has 1 saturated heterocycles. The highest BCUT2D eigenvalue weighted by molar-refractivity contribution is 7.99. The molecule has 1 fully saturated rings. The standard InChI is InChI=1S/C15H17N3O3S/c1-17-12-5-3-2-4-11(12)16-14(15(17)20)22-10-13(19)18-6-8-21-9-7-18/h2-5H,6-10H2,1H3. The van der Waals surface area contributed by atoms with Gasteiger partial charge in [-0.1, -0.05) is 23.9 Å². The number of benzene rings is 1. The second-order valence-corrected chi connectivity index (χ2v) is 6.02. The van der Waals surface area contributed by atoms with Crippen LogP contribution in [0.25, 0.3) is 11.0 Å². The normalized spacial score (nSPS) is 15.2. The predicted molar refractivity (Wildman–Crippen MR) is 85.1 cm³/mol. The van der Waals surface area contributed by atoms with E-state index in [9.17, 15) is 9.59 Å². The van der Waals surface area contributed by atoms with Gasteiger partial charge in [-0.25, -0.2) is 4.98 Å². The number of morpholine rings is 1. The second kappa shape index (κ2) is 6.50. The number of hydrogen-bond acceptors (Lipinski definition) is 5. The van der Waals surface area contributed by atoms with E-state index in [4.69, 9.17) is 4.74 Å². The summed E-state index contributed by atoms with van der Waals surface area (Å²) < 4.78 is 6.80. The summed E-state index contributed by atoms with van der Waals surface area (Å²) in [5, 5.41) is 0.364. The fourth-order valence-corrected chi connectivity index (χ4v) is 3.25. The Morgan fingerprint density at radius 1 is 1.32 bits per heavy atom. The number of aromatic nitrogens is 2. The zero-order valence-corrected chi connectivity index (χ0v) is 13.1. The van der Waals surface area contributed by atoms with E-state index in [1.807, 2.05) is 24.3 Å². The van der Waals surface area contributed by atoms with E-state index in [1.54, 1.807) is 16.5 Å². The third-order valence-corrected chi connectivity index (χ3v) is 4.58. The minimum atomic E-state index is -0.168. The van der Waals surface area contributed by atoms with E-state index in [-0.39, 0.29) is 17.2 Å². The number of nitrogens with zero attached hydrogens (tertiary/aromatic N) is 3. The Balaban J connectivity index is 1.77. The number of ether oxygens (including phenoxy) is 1. The molecule has 1 aliphatic heterocycles. The van der Waals surface area contributed by atoms with Gasteiger partial charge in [-0.15, -0.1) is 0 Å². The topological polar surface area (TPSA) is 64.4 Å². The van der Waals surface area contributed by atoms with Crippen LogP contribution in [-0.4, -0.2) is 52.4 Å². The Hall–Kier alpha value is -1.86. The van der Waals surface area contributed by atoms with Gasteiger partial charge in [-0.05, 0) is 12.1 Å². The van der Waals surface area contributed by atoms with Gasteiger partial charge in [0.2, 0.25) is 5.91 Å². The first-order chi connectivity index (χ1) is 10.7. The first kappa shape index (κ1) is 15.1. The lowest BCUT2D eigenvalue weighted by molar-refractivity contribution is -0.132. The number of hydrogen-bond donors (Lipinski definition) is 0. The van der Waals surface area contributed by atoms with Gasteiger partial charge >= 0.3 is 0 Å². The summed E-state index contributed by atoms with van der Waals surface area (Å²) in [6.45, 7) is 2.38. The van der Waals surface area contributed by atoms with Crippen molar-refractivity contribution in [3.8, 4) is 0 Å². The zero-order valence-electron chi connectivity index (χ0n) is 12.3. The van der Waals surface area contributed by atoms with E-state index >= 15 is 0 Å². The number of rotatable bonds is 3. The van der Waals surface area contributed by atoms with Gasteiger partial charge in [0.15, 0.2) is 5.03 Å². The van der Waals surface area contributed by atoms with Crippen molar-refractivity contribution in [1.29, 1.82) is 0 Å². The lowest BCUT2D eigenvalue weighted by Gasteiger charge is -2.26. The number of amides is 1. The molecule has 116 valence electrons. The monoisotopic (exact) mass is 319 g/mol. The molecule has 0 N–H and O–H groups in total. The number of aryl methyl sites for hydroxylation is 1. The van der Waals surface area contributed by atoms with Crippen molar-refractivity contribution in [3.63, 3.8) is 0 Å². The maximum absolute atomic E-state index is 12.3. The van der Waals surface area contributed by atoms with Crippen LogP contribution >= 0.6 is 11.8 Å². The Morgan fingerprint density at radius 2 is 2.05 bits per heavy atom. The largest absolute Gasteiger partial charge is 0.378 e. The molecule has 0 spiro atoms. The van der Waals surface area contributed by atoms with Crippen LogP contribution in [0.15, 0.2) is 34.1 Å². The van der Waals surface area contributed by atoms with Gasteiger partial charge in [0, 0.05) is 20.1 Å². The highest BCUT2D eigenvalue weighted by Crippen LogP contribution is 2.16. The minimum Gasteiger partial charge on any atom is -0.378 e. The van der Waals surface area contributed by atoms with Crippen molar-refractivity contribution in [2.75, 3.05) is 32.1 Å². The quantitative estimate of drug-likeness (QED) is 0.786. The summed E-state index contributed by atoms with van der Waals surface area (Å²) in [4.78, 5) is 30.6. The average molecular weight is 319 g/mol. The fourth-order valence-electron chi connectivity index (χ4n) is 2.38. The maximum Gasteiger partial charge on any atom is 0.283 e. The minimum absolute atomic E-state index is 0.0188. The van der Waals surface area contributed by atoms with Gasteiger partial charge in [-0.3, -0.25) is 9.59 Å². The molecule has 0 unspecified atom stereocenters. The highest BCUT2D eigenvalue weighted by Gasteiger charge is 2.18. The number of fused-ring (bicyclic) bond motifs is 1. The van der Waals surface area contributed by atoms with Crippen molar-refractivity contribution < 1.29 is 9.53 Å². The molecule has 1 amide bonds. The summed E-state index contributed by atoms with van der Waals surface area (Å²) in [5.74, 6) is 0.242. The lowest BCUT2D eigenvalue weighted by atomic mass is 10.3. The first-order valence-corrected chi connectivity index (χ1v) is 8.09. The van der Waals surface area contributed by atoms with Gasteiger partial charge in [0.1, 0.15) is 0 Å². The van der Waals surface area contributed by atoms with Crippen molar-refractivity contribution in [2.24, 2.45) is 7.05 Å². The molecule has 7 heteroatoms. The predicted octanol–water partition coefficient (Wildman–Crippen LogP) is 0.884. The number of carbonyl (C=O) groups is 1. The third-order valence-electron chi connectivity index (χ3n) is 3.65. The van der Waals surface area contributed by atoms with Crippen LogP contribution < -0.4 is 5.56 Å². The van der Waals surface area contributed by atoms with E-state index < -0.39 is 0 Å². The molecule has 0 aliphatic carbocycles. The molecule has 1 aliphatic rings. The third kappa shape index (κ3) is 3.00. The molecule has 0 atom stereocenters. The van der Waals surface area contributed by atoms with Crippen LogP contribution in [0, 0.1) is 0 Å². The summed E-state index contributed by atoms with van der Waals surface area (Å²) >= 11 is 1.20. The Labute approximate surface area is 132 Å². The van der Waals surface area contributed by atoms with Crippen LogP contribution in [0.3, 0.4) is 0 Å². The molecule has 0 saturated carbocycles. The SMILES string of the molecule is Cn1c(=O)c(SCC(=O)N2CCOCC2)nc2ccccc21. The number of para-hydroxylation sites is 2. The van der Waals surface area contributed by atoms with Crippen molar-refractivity contribution in [1.82, 2.24) is 14.5 Å². The van der Waals surface area contributed by atoms with Crippen LogP contribution in [0.5, 0.6) is 0 Å². The first-order valence-electron chi connectivity index (χ1n) is 7.11. The van der Waals surface area contributed by atoms with Gasteiger partial charge in [-0.2, -0.15) is 0 Å². The molecule has 2 aromatic rings. The zero-order chi connectivity index (χ0) is 15.5. The lowest BCUT2D eigenvalue weighted by Crippen LogP contribution is -2.41. The van der Waals surface area contributed by atoms with E-state index in [0.717, 1.165) is 11.0 Å². The van der Waals surface area contributed by atoms with E-state index in [1.165, 1.54) is 11.8 Å². The number of carbonyl (C=O) groups excluding carboxylic acids is 1. The highest BCUT2D eigenvalue weighted by atomic mass is 32.2. The Kier molecular flexibility index (Phi) is 4.44. The molecule has 6 nitrogen and oxygen atoms in total. The van der Waals surface area contributed by atoms with Crippen LogP contribution in [0.4, 0.5) is 0 Å². The molecule has 2 heterocycles. The maximum atomic E-state index is 12.3. The Bertz CT molecular complexity index is 753. The number of thioether (sulfide) groups is 1. The van der Waals surface area contributed by atoms with Gasteiger partial charge < -0.3 is 14.2 Å². The fraction of sp³-hybridized carbons (Fsp3) is 0.400. The molecule has 0 bridgehead atoms. The van der Waals surface area contributed by atoms with Gasteiger partial charge in [0.25, 0.3) is 5.56 Å². The van der Waals surface area contributed by atoms with Crippen LogP contribution in [-0.2, 0) is 16.6 Å². The van der Waals surface area contributed by atoms with Crippen molar-refractivity contribution in [2.45, 2.75) is 5.03 Å². The smallest absolute Gasteiger partial charge is 0.283 e. The van der Waals surface area contributed by atoms with Crippen LogP contribution in [0.2, 0.25) is 0 Å². The molecular weight excluding hydrogens is 302 g/mol. The van der Waals surface area contributed by atoms with Gasteiger partial charge in [0.05, 0.1) is 30.0 Å². The van der Waals surface area contributed by atoms with Crippen molar-refractivity contribution in [3.05, 3.63) is 34.6 Å². The van der Waals surface area contributed by atoms with E-state index in [0.29, 0.717) is 31.3 Å². The molecule has 22 heavy (non-hydrogen) atoms. The molecule has 3 rings (SSSR count). The summed E-state index contributed by atoms with van der Waals surface area (Å²) in [6, 6.07) is 7.48. The van der Waals surface area contributed by atoms with Crippen molar-refractivity contribution >= 4 is 28.7 Å². The molecule has 0 radical (unpaired) electrons. The molecular formula is C15H17N3O3S. The Morgan fingerprint density at radius 3 is 2.82 bits per heavy atom. The summed E-state index contributed by atoms with van der Waals surface area (Å²) in [7, 11) is 1.72. The second-order valence-electron chi connectivity index (χ2n) is 5.05. The molecule has 1 aromatic heterocycles.